The fourth-order valence-corrected chi connectivity index (χ4v) is 5.23. The molecule has 1 saturated heterocycles. The first-order valence-corrected chi connectivity index (χ1v) is 12.8. The number of nitrogens with zero attached hydrogens (tertiary/aromatic N) is 4. The SMILES string of the molecule is COc1ccc(-n2c(SCC(=O)NC(=O)c3cccs3)nnc2[C@H](C)N2CCCCC2)cc1. The van der Waals surface area contributed by atoms with E-state index in [0.717, 1.165) is 30.4 Å². The zero-order valence-electron chi connectivity index (χ0n) is 18.7. The van der Waals surface area contributed by atoms with E-state index >= 15 is 0 Å². The van der Waals surface area contributed by atoms with Gasteiger partial charge in [0, 0.05) is 5.69 Å². The highest BCUT2D eigenvalue weighted by Gasteiger charge is 2.26. The van der Waals surface area contributed by atoms with Gasteiger partial charge in [-0.25, -0.2) is 0 Å². The average molecular weight is 486 g/mol. The Bertz CT molecular complexity index is 1080. The predicted octanol–water partition coefficient (Wildman–Crippen LogP) is 3.93. The third kappa shape index (κ3) is 5.63. The van der Waals surface area contributed by atoms with Crippen molar-refractivity contribution < 1.29 is 14.3 Å². The molecule has 1 aliphatic rings. The zero-order valence-corrected chi connectivity index (χ0v) is 20.3. The quantitative estimate of drug-likeness (QED) is 0.484. The molecule has 1 aromatic carbocycles. The number of ether oxygens (including phenoxy) is 1. The van der Waals surface area contributed by atoms with Crippen molar-refractivity contribution in [2.45, 2.75) is 37.4 Å². The molecule has 0 bridgehead atoms. The van der Waals surface area contributed by atoms with E-state index in [2.05, 4.69) is 27.3 Å². The van der Waals surface area contributed by atoms with Gasteiger partial charge in [-0.15, -0.1) is 21.5 Å². The zero-order chi connectivity index (χ0) is 23.2. The fraction of sp³-hybridized carbons (Fsp3) is 0.391. The minimum absolute atomic E-state index is 0.0590. The Labute approximate surface area is 201 Å². The number of carbonyl (C=O) groups excluding carboxylic acids is 2. The van der Waals surface area contributed by atoms with Crippen LogP contribution in [0.1, 0.15) is 47.7 Å². The van der Waals surface area contributed by atoms with E-state index < -0.39 is 0 Å². The van der Waals surface area contributed by atoms with Crippen LogP contribution in [0.4, 0.5) is 0 Å². The lowest BCUT2D eigenvalue weighted by atomic mass is 10.1. The molecule has 0 radical (unpaired) electrons. The number of hydrogen-bond acceptors (Lipinski definition) is 8. The van der Waals surface area contributed by atoms with Crippen LogP contribution < -0.4 is 10.1 Å². The first kappa shape index (κ1) is 23.5. The van der Waals surface area contributed by atoms with Gasteiger partial charge in [-0.05, 0) is 68.6 Å². The number of imide groups is 1. The Balaban J connectivity index is 1.54. The van der Waals surface area contributed by atoms with Gasteiger partial charge in [0.05, 0.1) is 23.8 Å². The summed E-state index contributed by atoms with van der Waals surface area (Å²) in [7, 11) is 1.63. The number of thiophene rings is 1. The van der Waals surface area contributed by atoms with E-state index in [1.54, 1.807) is 24.6 Å². The molecule has 1 fully saturated rings. The van der Waals surface area contributed by atoms with Gasteiger partial charge in [0.15, 0.2) is 11.0 Å². The Kier molecular flexibility index (Phi) is 7.79. The summed E-state index contributed by atoms with van der Waals surface area (Å²) in [5, 5.41) is 13.8. The Morgan fingerprint density at radius 1 is 1.15 bits per heavy atom. The smallest absolute Gasteiger partial charge is 0.267 e. The lowest BCUT2D eigenvalue weighted by molar-refractivity contribution is -0.117. The molecule has 8 nitrogen and oxygen atoms in total. The summed E-state index contributed by atoms with van der Waals surface area (Å²) in [5.41, 5.74) is 0.900. The maximum atomic E-state index is 12.4. The van der Waals surface area contributed by atoms with Crippen molar-refractivity contribution in [1.82, 2.24) is 25.0 Å². The number of thioether (sulfide) groups is 1. The van der Waals surface area contributed by atoms with Crippen molar-refractivity contribution >= 4 is 34.9 Å². The summed E-state index contributed by atoms with van der Waals surface area (Å²) < 4.78 is 7.30. The van der Waals surface area contributed by atoms with Crippen LogP contribution in [0.3, 0.4) is 0 Å². The minimum Gasteiger partial charge on any atom is -0.497 e. The second-order valence-electron chi connectivity index (χ2n) is 7.79. The summed E-state index contributed by atoms with van der Waals surface area (Å²) in [6.07, 6.45) is 3.62. The molecule has 2 aromatic heterocycles. The van der Waals surface area contributed by atoms with Crippen LogP contribution in [-0.4, -0.2) is 57.4 Å². The van der Waals surface area contributed by atoms with E-state index in [4.69, 9.17) is 4.74 Å². The fourth-order valence-electron chi connectivity index (χ4n) is 3.85. The second kappa shape index (κ2) is 11.0. The molecule has 0 spiro atoms. The van der Waals surface area contributed by atoms with Crippen LogP contribution in [0.25, 0.3) is 5.69 Å². The molecule has 0 unspecified atom stereocenters. The number of nitrogens with one attached hydrogen (secondary N) is 1. The number of piperidine rings is 1. The molecule has 4 rings (SSSR count). The van der Waals surface area contributed by atoms with Crippen molar-refractivity contribution in [3.8, 4) is 11.4 Å². The van der Waals surface area contributed by atoms with Crippen LogP contribution in [-0.2, 0) is 4.79 Å². The topological polar surface area (TPSA) is 89.3 Å². The van der Waals surface area contributed by atoms with Gasteiger partial charge in [0.2, 0.25) is 5.91 Å². The van der Waals surface area contributed by atoms with Gasteiger partial charge in [0.1, 0.15) is 5.75 Å². The Morgan fingerprint density at radius 3 is 2.58 bits per heavy atom. The number of hydrogen-bond donors (Lipinski definition) is 1. The molecule has 1 atom stereocenters. The summed E-state index contributed by atoms with van der Waals surface area (Å²) in [6.45, 7) is 4.22. The maximum absolute atomic E-state index is 12.4. The first-order valence-electron chi connectivity index (χ1n) is 10.9. The molecule has 3 aromatic rings. The molecular formula is C23H27N5O3S2. The average Bonchev–Trinajstić information content (AvgIpc) is 3.53. The Hall–Kier alpha value is -2.69. The van der Waals surface area contributed by atoms with Gasteiger partial charge >= 0.3 is 0 Å². The lowest BCUT2D eigenvalue weighted by Crippen LogP contribution is -2.33. The van der Waals surface area contributed by atoms with E-state index in [1.807, 2.05) is 28.8 Å². The highest BCUT2D eigenvalue weighted by molar-refractivity contribution is 7.99. The lowest BCUT2D eigenvalue weighted by Gasteiger charge is -2.31. The van der Waals surface area contributed by atoms with Crippen molar-refractivity contribution in [1.29, 1.82) is 0 Å². The molecule has 10 heteroatoms. The van der Waals surface area contributed by atoms with Crippen LogP contribution in [0.2, 0.25) is 0 Å². The molecule has 3 heterocycles. The normalized spacial score (nSPS) is 15.2. The second-order valence-corrected chi connectivity index (χ2v) is 9.68. The number of amides is 2. The number of aromatic nitrogens is 3. The van der Waals surface area contributed by atoms with E-state index in [9.17, 15) is 9.59 Å². The highest BCUT2D eigenvalue weighted by atomic mass is 32.2. The van der Waals surface area contributed by atoms with Gasteiger partial charge < -0.3 is 4.74 Å². The molecule has 0 aliphatic carbocycles. The number of rotatable bonds is 8. The molecular weight excluding hydrogens is 458 g/mol. The van der Waals surface area contributed by atoms with Crippen molar-refractivity contribution in [2.24, 2.45) is 0 Å². The van der Waals surface area contributed by atoms with E-state index in [0.29, 0.717) is 10.0 Å². The predicted molar refractivity (Wildman–Crippen MR) is 129 cm³/mol. The third-order valence-electron chi connectivity index (χ3n) is 5.63. The van der Waals surface area contributed by atoms with E-state index in [-0.39, 0.29) is 23.6 Å². The largest absolute Gasteiger partial charge is 0.497 e. The maximum Gasteiger partial charge on any atom is 0.267 e. The molecule has 1 aliphatic heterocycles. The Morgan fingerprint density at radius 2 is 1.91 bits per heavy atom. The molecule has 1 N–H and O–H groups in total. The summed E-state index contributed by atoms with van der Waals surface area (Å²) >= 11 is 2.56. The molecule has 2 amide bonds. The first-order chi connectivity index (χ1) is 16.1. The highest BCUT2D eigenvalue weighted by Crippen LogP contribution is 2.30. The minimum atomic E-state index is -0.383. The molecule has 33 heavy (non-hydrogen) atoms. The number of benzene rings is 1. The summed E-state index contributed by atoms with van der Waals surface area (Å²) in [6, 6.07) is 11.3. The number of likely N-dealkylation sites (tertiary alicyclic amines) is 1. The van der Waals surface area contributed by atoms with Crippen molar-refractivity contribution in [2.75, 3.05) is 26.0 Å². The summed E-state index contributed by atoms with van der Waals surface area (Å²) in [4.78, 5) is 27.5. The van der Waals surface area contributed by atoms with Crippen LogP contribution >= 0.6 is 23.1 Å². The summed E-state index contributed by atoms with van der Waals surface area (Å²) in [5.74, 6) is 0.904. The van der Waals surface area contributed by atoms with Gasteiger partial charge in [-0.3, -0.25) is 24.4 Å². The molecule has 0 saturated carbocycles. The van der Waals surface area contributed by atoms with Gasteiger partial charge in [-0.1, -0.05) is 24.2 Å². The van der Waals surface area contributed by atoms with Gasteiger partial charge in [-0.2, -0.15) is 0 Å². The van der Waals surface area contributed by atoms with Crippen molar-refractivity contribution in [3.05, 3.63) is 52.5 Å². The molecule has 174 valence electrons. The monoisotopic (exact) mass is 485 g/mol. The van der Waals surface area contributed by atoms with Crippen molar-refractivity contribution in [3.63, 3.8) is 0 Å². The van der Waals surface area contributed by atoms with Crippen LogP contribution in [0.5, 0.6) is 5.75 Å². The van der Waals surface area contributed by atoms with Crippen LogP contribution in [0, 0.1) is 0 Å². The standard InChI is InChI=1S/C23H27N5O3S2/c1-16(27-12-4-3-5-13-27)21-25-26-23(28(21)17-8-10-18(31-2)11-9-17)33-15-20(29)24-22(30)19-7-6-14-32-19/h6-11,14,16H,3-5,12-13,15H2,1-2H3,(H,24,29,30)/t16-/m0/s1. The number of carbonyl (C=O) groups is 2. The third-order valence-corrected chi connectivity index (χ3v) is 7.43. The van der Waals surface area contributed by atoms with Gasteiger partial charge in [0.25, 0.3) is 5.91 Å². The number of methoxy groups -OCH3 is 1. The van der Waals surface area contributed by atoms with Crippen LogP contribution in [0.15, 0.2) is 46.9 Å². The van der Waals surface area contributed by atoms with E-state index in [1.165, 1.54) is 42.4 Å².